The quantitative estimate of drug-likeness (QED) is 0.690. The molecular weight excluding hydrogens is 172 g/mol. The highest BCUT2D eigenvalue weighted by Crippen LogP contribution is 2.22. The third-order valence-corrected chi connectivity index (χ3v) is 3.89. The molecule has 0 aliphatic carbocycles. The minimum atomic E-state index is 0.780. The molecule has 82 valence electrons. The smallest absolute Gasteiger partial charge is 0.0246 e. The number of nitrogens with zero attached hydrogens (tertiary/aromatic N) is 1. The maximum atomic E-state index is 3.74. The summed E-state index contributed by atoms with van der Waals surface area (Å²) >= 11 is 0. The van der Waals surface area contributed by atoms with Crippen molar-refractivity contribution >= 4 is 0 Å². The largest absolute Gasteiger partial charge is 0.312 e. The lowest BCUT2D eigenvalue weighted by molar-refractivity contribution is 0.142. The van der Waals surface area contributed by atoms with E-state index in [9.17, 15) is 0 Å². The number of likely N-dealkylation sites (tertiary alicyclic amines) is 1. The van der Waals surface area contributed by atoms with Gasteiger partial charge in [0.05, 0.1) is 0 Å². The zero-order valence-corrected chi connectivity index (χ0v) is 9.47. The van der Waals surface area contributed by atoms with Crippen molar-refractivity contribution in [2.45, 2.75) is 57.0 Å². The Morgan fingerprint density at radius 2 is 1.86 bits per heavy atom. The van der Waals surface area contributed by atoms with Crippen LogP contribution in [0, 0.1) is 0 Å². The molecule has 0 saturated carbocycles. The minimum absolute atomic E-state index is 0.780. The summed E-state index contributed by atoms with van der Waals surface area (Å²) in [6.07, 6.45) is 9.89. The number of hydrogen-bond acceptors (Lipinski definition) is 2. The molecule has 0 bridgehead atoms. The lowest BCUT2D eigenvalue weighted by atomic mass is 9.93. The van der Waals surface area contributed by atoms with Gasteiger partial charge in [0.25, 0.3) is 0 Å². The van der Waals surface area contributed by atoms with Crippen LogP contribution < -0.4 is 5.32 Å². The second kappa shape index (κ2) is 5.13. The summed E-state index contributed by atoms with van der Waals surface area (Å²) in [5.41, 5.74) is 0. The lowest BCUT2D eigenvalue weighted by Gasteiger charge is -2.38. The molecule has 2 heterocycles. The highest BCUT2D eigenvalue weighted by Gasteiger charge is 2.27. The van der Waals surface area contributed by atoms with Gasteiger partial charge >= 0.3 is 0 Å². The van der Waals surface area contributed by atoms with E-state index in [1.165, 1.54) is 58.0 Å². The average molecular weight is 196 g/mol. The van der Waals surface area contributed by atoms with E-state index in [-0.39, 0.29) is 0 Å². The molecule has 2 nitrogen and oxygen atoms in total. The first-order valence-corrected chi connectivity index (χ1v) is 6.31. The SMILES string of the molecule is CN1CCCC[C@H]1[C@@H]1CCCCCN1. The van der Waals surface area contributed by atoms with E-state index < -0.39 is 0 Å². The van der Waals surface area contributed by atoms with E-state index in [1.54, 1.807) is 0 Å². The van der Waals surface area contributed by atoms with Crippen LogP contribution in [-0.2, 0) is 0 Å². The van der Waals surface area contributed by atoms with Crippen molar-refractivity contribution in [3.05, 3.63) is 0 Å². The van der Waals surface area contributed by atoms with Gasteiger partial charge in [0, 0.05) is 12.1 Å². The second-order valence-corrected chi connectivity index (χ2v) is 4.95. The van der Waals surface area contributed by atoms with Crippen molar-refractivity contribution in [3.8, 4) is 0 Å². The van der Waals surface area contributed by atoms with Crippen molar-refractivity contribution in [3.63, 3.8) is 0 Å². The molecule has 2 rings (SSSR count). The van der Waals surface area contributed by atoms with Gasteiger partial charge in [-0.15, -0.1) is 0 Å². The fraction of sp³-hybridized carbons (Fsp3) is 1.00. The monoisotopic (exact) mass is 196 g/mol. The Kier molecular flexibility index (Phi) is 3.82. The Bertz CT molecular complexity index is 162. The van der Waals surface area contributed by atoms with Crippen LogP contribution in [0.5, 0.6) is 0 Å². The van der Waals surface area contributed by atoms with Crippen LogP contribution in [0.15, 0.2) is 0 Å². The molecule has 2 fully saturated rings. The van der Waals surface area contributed by atoms with Gasteiger partial charge in [-0.2, -0.15) is 0 Å². The highest BCUT2D eigenvalue weighted by atomic mass is 15.2. The van der Waals surface area contributed by atoms with E-state index >= 15 is 0 Å². The molecule has 0 aromatic rings. The van der Waals surface area contributed by atoms with Gasteiger partial charge in [-0.25, -0.2) is 0 Å². The molecular formula is C12H24N2. The maximum Gasteiger partial charge on any atom is 0.0246 e. The summed E-state index contributed by atoms with van der Waals surface area (Å²) in [7, 11) is 2.30. The van der Waals surface area contributed by atoms with Crippen LogP contribution in [0.1, 0.15) is 44.9 Å². The predicted molar refractivity (Wildman–Crippen MR) is 60.5 cm³/mol. The van der Waals surface area contributed by atoms with E-state index in [2.05, 4.69) is 17.3 Å². The molecule has 2 heteroatoms. The normalized spacial score (nSPS) is 36.6. The van der Waals surface area contributed by atoms with E-state index in [0.29, 0.717) is 0 Å². The summed E-state index contributed by atoms with van der Waals surface area (Å²) in [5.74, 6) is 0. The fourth-order valence-electron chi connectivity index (χ4n) is 2.99. The van der Waals surface area contributed by atoms with Crippen LogP contribution in [0.25, 0.3) is 0 Å². The average Bonchev–Trinajstić information content (AvgIpc) is 2.47. The number of likely N-dealkylation sites (N-methyl/N-ethyl adjacent to an activating group) is 1. The lowest BCUT2D eigenvalue weighted by Crippen LogP contribution is -2.50. The topological polar surface area (TPSA) is 15.3 Å². The summed E-state index contributed by atoms with van der Waals surface area (Å²) < 4.78 is 0. The minimum Gasteiger partial charge on any atom is -0.312 e. The van der Waals surface area contributed by atoms with Gasteiger partial charge in [0.2, 0.25) is 0 Å². The van der Waals surface area contributed by atoms with Crippen LogP contribution in [0.4, 0.5) is 0 Å². The van der Waals surface area contributed by atoms with Crippen molar-refractivity contribution in [1.82, 2.24) is 10.2 Å². The first-order valence-electron chi connectivity index (χ1n) is 6.31. The predicted octanol–water partition coefficient (Wildman–Crippen LogP) is 2.00. The van der Waals surface area contributed by atoms with Crippen molar-refractivity contribution in [2.24, 2.45) is 0 Å². The van der Waals surface area contributed by atoms with Crippen molar-refractivity contribution in [1.29, 1.82) is 0 Å². The molecule has 0 radical (unpaired) electrons. The van der Waals surface area contributed by atoms with Gasteiger partial charge in [-0.05, 0) is 45.8 Å². The van der Waals surface area contributed by atoms with Gasteiger partial charge in [-0.1, -0.05) is 19.3 Å². The summed E-state index contributed by atoms with van der Waals surface area (Å²) in [4.78, 5) is 2.58. The standard InChI is InChI=1S/C12H24N2/c1-14-10-6-4-8-12(14)11-7-3-2-5-9-13-11/h11-13H,2-10H2,1H3/t11-,12-/m0/s1. The molecule has 14 heavy (non-hydrogen) atoms. The number of nitrogens with one attached hydrogen (secondary N) is 1. The number of piperidine rings is 1. The first-order chi connectivity index (χ1) is 6.88. The molecule has 2 aliphatic heterocycles. The molecule has 2 aliphatic rings. The van der Waals surface area contributed by atoms with Crippen LogP contribution >= 0.6 is 0 Å². The molecule has 0 aromatic heterocycles. The summed E-state index contributed by atoms with van der Waals surface area (Å²) in [6, 6.07) is 1.60. The summed E-state index contributed by atoms with van der Waals surface area (Å²) in [5, 5.41) is 3.74. The van der Waals surface area contributed by atoms with E-state index in [1.807, 2.05) is 0 Å². The van der Waals surface area contributed by atoms with E-state index in [4.69, 9.17) is 0 Å². The van der Waals surface area contributed by atoms with Crippen LogP contribution in [0.3, 0.4) is 0 Å². The van der Waals surface area contributed by atoms with Crippen molar-refractivity contribution in [2.75, 3.05) is 20.1 Å². The number of rotatable bonds is 1. The van der Waals surface area contributed by atoms with Crippen molar-refractivity contribution < 1.29 is 0 Å². The third kappa shape index (κ3) is 2.48. The third-order valence-electron chi connectivity index (χ3n) is 3.89. The maximum absolute atomic E-state index is 3.74. The molecule has 1 N–H and O–H groups in total. The Hall–Kier alpha value is -0.0800. The molecule has 0 aromatic carbocycles. The summed E-state index contributed by atoms with van der Waals surface area (Å²) in [6.45, 7) is 2.55. The van der Waals surface area contributed by atoms with Crippen LogP contribution in [-0.4, -0.2) is 37.1 Å². The second-order valence-electron chi connectivity index (χ2n) is 4.95. The van der Waals surface area contributed by atoms with Gasteiger partial charge < -0.3 is 10.2 Å². The van der Waals surface area contributed by atoms with Crippen LogP contribution in [0.2, 0.25) is 0 Å². The zero-order chi connectivity index (χ0) is 9.80. The Balaban J connectivity index is 1.90. The molecule has 0 unspecified atom stereocenters. The Morgan fingerprint density at radius 3 is 2.71 bits per heavy atom. The number of hydrogen-bond donors (Lipinski definition) is 1. The molecule has 0 spiro atoms. The van der Waals surface area contributed by atoms with Gasteiger partial charge in [0.1, 0.15) is 0 Å². The molecule has 2 atom stereocenters. The van der Waals surface area contributed by atoms with E-state index in [0.717, 1.165) is 12.1 Å². The first kappa shape index (κ1) is 10.4. The highest BCUT2D eigenvalue weighted by molar-refractivity contribution is 4.87. The van der Waals surface area contributed by atoms with Gasteiger partial charge in [0.15, 0.2) is 0 Å². The molecule has 0 amide bonds. The fourth-order valence-corrected chi connectivity index (χ4v) is 2.99. The molecule has 2 saturated heterocycles. The Morgan fingerprint density at radius 1 is 1.00 bits per heavy atom. The van der Waals surface area contributed by atoms with Gasteiger partial charge in [-0.3, -0.25) is 0 Å². The Labute approximate surface area is 88.1 Å². The zero-order valence-electron chi connectivity index (χ0n) is 9.47.